The number of benzene rings is 2. The largest absolute Gasteiger partial charge is 0.366 e. The molecule has 0 saturated heterocycles. The molecular formula is C26H23N5O. The summed E-state index contributed by atoms with van der Waals surface area (Å²) in [6.07, 6.45) is 6.00. The van der Waals surface area contributed by atoms with E-state index >= 15 is 0 Å². The maximum atomic E-state index is 12.1. The van der Waals surface area contributed by atoms with Crippen LogP contribution < -0.4 is 5.32 Å². The third-order valence-electron chi connectivity index (χ3n) is 5.86. The molecule has 5 rings (SSSR count). The minimum Gasteiger partial charge on any atom is -0.366 e. The van der Waals surface area contributed by atoms with Gasteiger partial charge in [-0.1, -0.05) is 48.5 Å². The zero-order chi connectivity index (χ0) is 22.1. The molecule has 0 bridgehead atoms. The second-order valence-electron chi connectivity index (χ2n) is 7.94. The predicted molar refractivity (Wildman–Crippen MR) is 125 cm³/mol. The molecule has 3 heterocycles. The number of carbonyl (C=O) groups is 1. The van der Waals surface area contributed by atoms with Crippen molar-refractivity contribution in [1.82, 2.24) is 19.4 Å². The Balaban J connectivity index is 1.60. The summed E-state index contributed by atoms with van der Waals surface area (Å²) in [5.41, 5.74) is 5.16. The van der Waals surface area contributed by atoms with Crippen molar-refractivity contribution < 1.29 is 4.79 Å². The number of rotatable bonds is 4. The maximum Gasteiger partial charge on any atom is 0.298 e. The fourth-order valence-electron chi connectivity index (χ4n) is 4.25. The summed E-state index contributed by atoms with van der Waals surface area (Å²) in [6, 6.07) is 20.5. The Labute approximate surface area is 186 Å². The standard InChI is InChI=1S/C26H23N5O/c1-3-24(32)30-14-13-22-21(17-30)25(27-16-19-9-5-4-6-10-19)29-26(28-22)31-18(2)15-20-11-7-8-12-23(20)31/h1,4-12,15H,13-14,16-17H2,2H3,(H,27,28,29). The first-order valence-electron chi connectivity index (χ1n) is 10.6. The van der Waals surface area contributed by atoms with E-state index in [-0.39, 0.29) is 5.91 Å². The average Bonchev–Trinajstić information content (AvgIpc) is 3.17. The maximum absolute atomic E-state index is 12.1. The minimum atomic E-state index is -0.305. The summed E-state index contributed by atoms with van der Waals surface area (Å²) < 4.78 is 2.09. The molecule has 2 aromatic heterocycles. The lowest BCUT2D eigenvalue weighted by Gasteiger charge is -2.28. The van der Waals surface area contributed by atoms with Gasteiger partial charge in [0.2, 0.25) is 5.95 Å². The molecule has 1 aliphatic rings. The number of carbonyl (C=O) groups excluding carboxylic acids is 1. The minimum absolute atomic E-state index is 0.305. The number of aryl methyl sites for hydroxylation is 1. The van der Waals surface area contributed by atoms with Crippen LogP contribution >= 0.6 is 0 Å². The van der Waals surface area contributed by atoms with Gasteiger partial charge in [-0.25, -0.2) is 4.98 Å². The Hall–Kier alpha value is -4.11. The number of anilines is 1. The molecule has 4 aromatic rings. The molecule has 2 aromatic carbocycles. The molecule has 32 heavy (non-hydrogen) atoms. The van der Waals surface area contributed by atoms with Crippen molar-refractivity contribution in [1.29, 1.82) is 0 Å². The van der Waals surface area contributed by atoms with Crippen LogP contribution in [-0.2, 0) is 24.3 Å². The van der Waals surface area contributed by atoms with Crippen molar-refractivity contribution in [3.63, 3.8) is 0 Å². The molecule has 0 fully saturated rings. The van der Waals surface area contributed by atoms with E-state index in [4.69, 9.17) is 16.4 Å². The monoisotopic (exact) mass is 421 g/mol. The van der Waals surface area contributed by atoms with Gasteiger partial charge < -0.3 is 10.2 Å². The first-order chi connectivity index (χ1) is 15.6. The van der Waals surface area contributed by atoms with E-state index in [0.717, 1.165) is 39.2 Å². The van der Waals surface area contributed by atoms with E-state index < -0.39 is 0 Å². The Morgan fingerprint density at radius 2 is 1.91 bits per heavy atom. The van der Waals surface area contributed by atoms with E-state index in [2.05, 4.69) is 53.1 Å². The summed E-state index contributed by atoms with van der Waals surface area (Å²) in [6.45, 7) is 3.64. The van der Waals surface area contributed by atoms with E-state index in [0.29, 0.717) is 32.0 Å². The molecule has 0 aliphatic carbocycles. The van der Waals surface area contributed by atoms with Gasteiger partial charge in [0.05, 0.1) is 17.8 Å². The quantitative estimate of drug-likeness (QED) is 0.509. The third kappa shape index (κ3) is 3.58. The average molecular weight is 422 g/mol. The highest BCUT2D eigenvalue weighted by Gasteiger charge is 2.25. The smallest absolute Gasteiger partial charge is 0.298 e. The van der Waals surface area contributed by atoms with Gasteiger partial charge in [0.1, 0.15) is 5.82 Å². The second-order valence-corrected chi connectivity index (χ2v) is 7.94. The number of hydrogen-bond donors (Lipinski definition) is 1. The number of nitrogens with zero attached hydrogens (tertiary/aromatic N) is 4. The fraction of sp³-hybridized carbons (Fsp3) is 0.192. The molecule has 6 nitrogen and oxygen atoms in total. The van der Waals surface area contributed by atoms with Gasteiger partial charge >= 0.3 is 0 Å². The first-order valence-corrected chi connectivity index (χ1v) is 10.6. The summed E-state index contributed by atoms with van der Waals surface area (Å²) in [7, 11) is 0. The van der Waals surface area contributed by atoms with Gasteiger partial charge in [-0.3, -0.25) is 9.36 Å². The van der Waals surface area contributed by atoms with E-state index in [9.17, 15) is 4.79 Å². The molecule has 0 unspecified atom stereocenters. The number of hydrogen-bond acceptors (Lipinski definition) is 4. The SMILES string of the molecule is C#CC(=O)N1CCc2nc(-n3c(C)cc4ccccc43)nc(NCc3ccccc3)c2C1. The molecule has 0 radical (unpaired) electrons. The van der Waals surface area contributed by atoms with Crippen LogP contribution in [0, 0.1) is 19.3 Å². The summed E-state index contributed by atoms with van der Waals surface area (Å²) in [4.78, 5) is 23.7. The highest BCUT2D eigenvalue weighted by molar-refractivity contribution is 5.93. The van der Waals surface area contributed by atoms with Crippen molar-refractivity contribution in [3.8, 4) is 18.3 Å². The third-order valence-corrected chi connectivity index (χ3v) is 5.86. The number of nitrogens with one attached hydrogen (secondary N) is 1. The Bertz CT molecular complexity index is 1350. The van der Waals surface area contributed by atoms with Crippen LogP contribution in [0.4, 0.5) is 5.82 Å². The zero-order valence-electron chi connectivity index (χ0n) is 17.9. The molecule has 0 saturated carbocycles. The van der Waals surface area contributed by atoms with Gasteiger partial charge in [0.25, 0.3) is 5.91 Å². The van der Waals surface area contributed by atoms with Crippen LogP contribution in [0.5, 0.6) is 0 Å². The van der Waals surface area contributed by atoms with Crippen molar-refractivity contribution in [2.75, 3.05) is 11.9 Å². The lowest BCUT2D eigenvalue weighted by atomic mass is 10.1. The zero-order valence-corrected chi connectivity index (χ0v) is 17.9. The topological polar surface area (TPSA) is 63.1 Å². The highest BCUT2D eigenvalue weighted by atomic mass is 16.2. The molecule has 1 N–H and O–H groups in total. The molecule has 1 amide bonds. The number of aromatic nitrogens is 3. The summed E-state index contributed by atoms with van der Waals surface area (Å²) in [5, 5.41) is 4.63. The Morgan fingerprint density at radius 3 is 2.72 bits per heavy atom. The number of fused-ring (bicyclic) bond motifs is 2. The molecule has 1 aliphatic heterocycles. The van der Waals surface area contributed by atoms with E-state index in [1.54, 1.807) is 4.90 Å². The lowest BCUT2D eigenvalue weighted by molar-refractivity contribution is -0.125. The van der Waals surface area contributed by atoms with Crippen LogP contribution in [0.3, 0.4) is 0 Å². The second kappa shape index (κ2) is 8.20. The molecule has 0 spiro atoms. The van der Waals surface area contributed by atoms with Gasteiger partial charge in [-0.2, -0.15) is 4.98 Å². The number of terminal acetylenes is 1. The van der Waals surface area contributed by atoms with Crippen molar-refractivity contribution in [2.24, 2.45) is 0 Å². The van der Waals surface area contributed by atoms with Crippen molar-refractivity contribution >= 4 is 22.6 Å². The molecule has 158 valence electrons. The van der Waals surface area contributed by atoms with Crippen LogP contribution in [0.25, 0.3) is 16.9 Å². The normalized spacial score (nSPS) is 12.9. The van der Waals surface area contributed by atoms with Crippen molar-refractivity contribution in [2.45, 2.75) is 26.4 Å². The highest BCUT2D eigenvalue weighted by Crippen LogP contribution is 2.28. The van der Waals surface area contributed by atoms with Crippen LogP contribution in [0.1, 0.15) is 22.5 Å². The lowest BCUT2D eigenvalue weighted by Crippen LogP contribution is -2.36. The van der Waals surface area contributed by atoms with Crippen LogP contribution in [0.15, 0.2) is 60.7 Å². The van der Waals surface area contributed by atoms with E-state index in [1.807, 2.05) is 30.3 Å². The fourth-order valence-corrected chi connectivity index (χ4v) is 4.25. The summed E-state index contributed by atoms with van der Waals surface area (Å²) >= 11 is 0. The Morgan fingerprint density at radius 1 is 1.12 bits per heavy atom. The first kappa shape index (κ1) is 19.8. The Kier molecular flexibility index (Phi) is 5.08. The van der Waals surface area contributed by atoms with Gasteiger partial charge in [-0.15, -0.1) is 6.42 Å². The van der Waals surface area contributed by atoms with Crippen molar-refractivity contribution in [3.05, 3.63) is 83.2 Å². The van der Waals surface area contributed by atoms with Gasteiger partial charge in [0.15, 0.2) is 0 Å². The molecule has 0 atom stereocenters. The van der Waals surface area contributed by atoms with Gasteiger partial charge in [0, 0.05) is 36.2 Å². The number of para-hydroxylation sites is 1. The molecular weight excluding hydrogens is 398 g/mol. The van der Waals surface area contributed by atoms with E-state index in [1.165, 1.54) is 0 Å². The molecule has 6 heteroatoms. The predicted octanol–water partition coefficient (Wildman–Crippen LogP) is 3.86. The number of amides is 1. The van der Waals surface area contributed by atoms with Crippen LogP contribution in [0.2, 0.25) is 0 Å². The summed E-state index contributed by atoms with van der Waals surface area (Å²) in [5.74, 6) is 3.29. The van der Waals surface area contributed by atoms with Gasteiger partial charge in [-0.05, 0) is 30.5 Å². The van der Waals surface area contributed by atoms with Crippen LogP contribution in [-0.4, -0.2) is 31.9 Å².